The molecule has 142 valence electrons. The molecule has 0 fully saturated rings. The van der Waals surface area contributed by atoms with E-state index in [1.165, 1.54) is 4.90 Å². The van der Waals surface area contributed by atoms with E-state index in [4.69, 9.17) is 15.9 Å². The first-order chi connectivity index (χ1) is 13.4. The van der Waals surface area contributed by atoms with Crippen LogP contribution in [0.25, 0.3) is 0 Å². The van der Waals surface area contributed by atoms with Crippen molar-refractivity contribution in [3.63, 3.8) is 0 Å². The number of carbonyl (C=O) groups is 2. The van der Waals surface area contributed by atoms with Crippen molar-refractivity contribution in [1.29, 1.82) is 0 Å². The van der Waals surface area contributed by atoms with Crippen LogP contribution in [-0.4, -0.2) is 36.6 Å². The number of Topliss-reactive ketones (excluding diaryl/α,β-unsaturated/α-hetero) is 1. The molecule has 2 heterocycles. The van der Waals surface area contributed by atoms with Crippen molar-refractivity contribution < 1.29 is 24.2 Å². The fraction of sp³-hybridized carbons (Fsp3) is 0.238. The SMILES string of the molecule is C#CCN1C(=O)[C@](O)(CC(=O)c2ccc3c(c2)OCCO3)c2cc(Br)ccc21. The van der Waals surface area contributed by atoms with Gasteiger partial charge in [-0.25, -0.2) is 0 Å². The van der Waals surface area contributed by atoms with Crippen LogP contribution in [0.15, 0.2) is 40.9 Å². The van der Waals surface area contributed by atoms with Crippen LogP contribution in [-0.2, 0) is 10.4 Å². The summed E-state index contributed by atoms with van der Waals surface area (Å²) in [6.45, 7) is 0.856. The zero-order valence-electron chi connectivity index (χ0n) is 14.8. The van der Waals surface area contributed by atoms with Crippen molar-refractivity contribution in [3.8, 4) is 23.8 Å². The van der Waals surface area contributed by atoms with Crippen molar-refractivity contribution in [2.24, 2.45) is 0 Å². The summed E-state index contributed by atoms with van der Waals surface area (Å²) in [5.74, 6) is 2.46. The van der Waals surface area contributed by atoms with Crippen molar-refractivity contribution in [1.82, 2.24) is 0 Å². The molecule has 6 nitrogen and oxygen atoms in total. The van der Waals surface area contributed by atoms with E-state index >= 15 is 0 Å². The van der Waals surface area contributed by atoms with E-state index in [9.17, 15) is 14.7 Å². The highest BCUT2D eigenvalue weighted by Crippen LogP contribution is 2.44. The van der Waals surface area contributed by atoms with Gasteiger partial charge < -0.3 is 14.6 Å². The summed E-state index contributed by atoms with van der Waals surface area (Å²) in [5, 5.41) is 11.2. The van der Waals surface area contributed by atoms with Crippen LogP contribution in [0, 0.1) is 12.3 Å². The molecule has 2 aliphatic rings. The van der Waals surface area contributed by atoms with Gasteiger partial charge in [0.25, 0.3) is 5.91 Å². The minimum atomic E-state index is -1.99. The fourth-order valence-corrected chi connectivity index (χ4v) is 3.85. The number of terminal acetylenes is 1. The third-order valence-electron chi connectivity index (χ3n) is 4.82. The molecule has 0 radical (unpaired) electrons. The van der Waals surface area contributed by atoms with Gasteiger partial charge in [0.2, 0.25) is 0 Å². The molecule has 0 saturated heterocycles. The molecule has 1 amide bonds. The van der Waals surface area contributed by atoms with Gasteiger partial charge in [-0.05, 0) is 36.4 Å². The van der Waals surface area contributed by atoms with Crippen molar-refractivity contribution in [2.45, 2.75) is 12.0 Å². The number of hydrogen-bond acceptors (Lipinski definition) is 5. The summed E-state index contributed by atoms with van der Waals surface area (Å²) < 4.78 is 11.7. The average Bonchev–Trinajstić information content (AvgIpc) is 2.89. The minimum Gasteiger partial charge on any atom is -0.486 e. The summed E-state index contributed by atoms with van der Waals surface area (Å²) in [4.78, 5) is 27.2. The second kappa shape index (κ2) is 6.97. The maximum absolute atomic E-state index is 13.0. The number of fused-ring (bicyclic) bond motifs is 2. The quantitative estimate of drug-likeness (QED) is 0.582. The summed E-state index contributed by atoms with van der Waals surface area (Å²) in [7, 11) is 0. The molecule has 2 aliphatic heterocycles. The van der Waals surface area contributed by atoms with E-state index in [1.54, 1.807) is 36.4 Å². The second-order valence-corrected chi connectivity index (χ2v) is 7.49. The van der Waals surface area contributed by atoms with Gasteiger partial charge in [-0.1, -0.05) is 21.9 Å². The number of aliphatic hydroxyl groups is 1. The Labute approximate surface area is 170 Å². The molecule has 1 N–H and O–H groups in total. The van der Waals surface area contributed by atoms with Crippen LogP contribution in [0.2, 0.25) is 0 Å². The van der Waals surface area contributed by atoms with Gasteiger partial charge in [0.15, 0.2) is 22.9 Å². The highest BCUT2D eigenvalue weighted by atomic mass is 79.9. The highest BCUT2D eigenvalue weighted by molar-refractivity contribution is 9.10. The molecule has 0 aliphatic carbocycles. The lowest BCUT2D eigenvalue weighted by atomic mass is 9.88. The van der Waals surface area contributed by atoms with E-state index < -0.39 is 17.9 Å². The Kier molecular flexibility index (Phi) is 4.61. The highest BCUT2D eigenvalue weighted by Gasteiger charge is 2.50. The number of hydrogen-bond donors (Lipinski definition) is 1. The number of benzene rings is 2. The van der Waals surface area contributed by atoms with Crippen LogP contribution >= 0.6 is 15.9 Å². The van der Waals surface area contributed by atoms with Gasteiger partial charge >= 0.3 is 0 Å². The van der Waals surface area contributed by atoms with E-state index in [-0.39, 0.29) is 12.3 Å². The molecule has 1 atom stereocenters. The zero-order valence-corrected chi connectivity index (χ0v) is 16.4. The lowest BCUT2D eigenvalue weighted by Crippen LogP contribution is -2.42. The Morgan fingerprint density at radius 2 is 1.96 bits per heavy atom. The van der Waals surface area contributed by atoms with Gasteiger partial charge in [0.05, 0.1) is 18.7 Å². The number of halogens is 1. The average molecular weight is 442 g/mol. The van der Waals surface area contributed by atoms with E-state index in [0.29, 0.717) is 46.0 Å². The maximum Gasteiger partial charge on any atom is 0.265 e. The normalized spacial score (nSPS) is 19.9. The summed E-state index contributed by atoms with van der Waals surface area (Å²) >= 11 is 3.35. The molecule has 2 aromatic rings. The Morgan fingerprint density at radius 3 is 2.71 bits per heavy atom. The van der Waals surface area contributed by atoms with Crippen LogP contribution in [0.5, 0.6) is 11.5 Å². The second-order valence-electron chi connectivity index (χ2n) is 6.58. The molecular weight excluding hydrogens is 426 g/mol. The van der Waals surface area contributed by atoms with Gasteiger partial charge in [-0.3, -0.25) is 14.5 Å². The summed E-state index contributed by atoms with van der Waals surface area (Å²) in [6, 6.07) is 9.91. The monoisotopic (exact) mass is 441 g/mol. The number of anilines is 1. The van der Waals surface area contributed by atoms with Gasteiger partial charge in [0, 0.05) is 15.6 Å². The lowest BCUT2D eigenvalue weighted by molar-refractivity contribution is -0.135. The Bertz CT molecular complexity index is 1030. The first-order valence-corrected chi connectivity index (χ1v) is 9.44. The topological polar surface area (TPSA) is 76.1 Å². The van der Waals surface area contributed by atoms with Crippen LogP contribution in [0.1, 0.15) is 22.3 Å². The van der Waals surface area contributed by atoms with Crippen LogP contribution in [0.4, 0.5) is 5.69 Å². The summed E-state index contributed by atoms with van der Waals surface area (Å²) in [6.07, 6.45) is 4.97. The van der Waals surface area contributed by atoms with Crippen molar-refractivity contribution in [3.05, 3.63) is 52.0 Å². The molecule has 4 rings (SSSR count). The first kappa shape index (κ1) is 18.5. The smallest absolute Gasteiger partial charge is 0.265 e. The molecule has 28 heavy (non-hydrogen) atoms. The first-order valence-electron chi connectivity index (χ1n) is 8.65. The molecule has 0 saturated carbocycles. The molecular formula is C21H16BrNO5. The number of rotatable bonds is 4. The van der Waals surface area contributed by atoms with Crippen LogP contribution in [0.3, 0.4) is 0 Å². The Balaban J connectivity index is 1.69. The Morgan fingerprint density at radius 1 is 1.21 bits per heavy atom. The summed E-state index contributed by atoms with van der Waals surface area (Å²) in [5.41, 5.74) is -0.797. The largest absolute Gasteiger partial charge is 0.486 e. The molecule has 0 unspecified atom stereocenters. The molecule has 0 bridgehead atoms. The standard InChI is InChI=1S/C21H16BrNO5/c1-2-7-23-16-5-4-14(22)11-15(16)21(26,20(23)25)12-17(24)13-3-6-18-19(10-13)28-9-8-27-18/h1,3-6,10-11,26H,7-9,12H2/t21-/m0/s1. The third-order valence-corrected chi connectivity index (χ3v) is 5.32. The molecule has 7 heteroatoms. The third kappa shape index (κ3) is 2.95. The Hall–Kier alpha value is -2.82. The van der Waals surface area contributed by atoms with E-state index in [1.807, 2.05) is 0 Å². The fourth-order valence-electron chi connectivity index (χ4n) is 3.49. The molecule has 0 spiro atoms. The molecule has 2 aromatic carbocycles. The number of nitrogens with zero attached hydrogens (tertiary/aromatic N) is 1. The predicted octanol–water partition coefficient (Wildman–Crippen LogP) is 2.66. The van der Waals surface area contributed by atoms with Gasteiger partial charge in [-0.2, -0.15) is 0 Å². The van der Waals surface area contributed by atoms with E-state index in [2.05, 4.69) is 21.9 Å². The van der Waals surface area contributed by atoms with Crippen molar-refractivity contribution >= 4 is 33.3 Å². The van der Waals surface area contributed by atoms with Crippen molar-refractivity contribution in [2.75, 3.05) is 24.7 Å². The van der Waals surface area contributed by atoms with Gasteiger partial charge in [-0.15, -0.1) is 6.42 Å². The number of ketones is 1. The number of amides is 1. The molecule has 0 aromatic heterocycles. The predicted molar refractivity (Wildman–Crippen MR) is 106 cm³/mol. The number of ether oxygens (including phenoxy) is 2. The lowest BCUT2D eigenvalue weighted by Gasteiger charge is -2.22. The van der Waals surface area contributed by atoms with Gasteiger partial charge in [0.1, 0.15) is 13.2 Å². The maximum atomic E-state index is 13.0. The minimum absolute atomic E-state index is 0.00793. The van der Waals surface area contributed by atoms with Crippen LogP contribution < -0.4 is 14.4 Å². The zero-order chi connectivity index (χ0) is 19.9. The van der Waals surface area contributed by atoms with E-state index in [0.717, 1.165) is 0 Å². The number of carbonyl (C=O) groups excluding carboxylic acids is 2.